The zero-order chi connectivity index (χ0) is 17.9. The lowest BCUT2D eigenvalue weighted by Crippen LogP contribution is -2.17. The van der Waals surface area contributed by atoms with Gasteiger partial charge in [-0.3, -0.25) is 0 Å². The van der Waals surface area contributed by atoms with E-state index in [1.807, 2.05) is 30.3 Å². The third-order valence-electron chi connectivity index (χ3n) is 4.14. The summed E-state index contributed by atoms with van der Waals surface area (Å²) in [7, 11) is -3.14. The Morgan fingerprint density at radius 2 is 1.76 bits per heavy atom. The Labute approximate surface area is 148 Å². The molecule has 0 saturated heterocycles. The van der Waals surface area contributed by atoms with Crippen molar-refractivity contribution in [2.24, 2.45) is 0 Å². The molecular formula is C19H23N3O2S. The van der Waals surface area contributed by atoms with Crippen molar-refractivity contribution >= 4 is 20.9 Å². The van der Waals surface area contributed by atoms with Crippen LogP contribution in [0, 0.1) is 0 Å². The highest BCUT2D eigenvalue weighted by molar-refractivity contribution is 7.90. The molecule has 0 saturated carbocycles. The second-order valence-corrected chi connectivity index (χ2v) is 8.20. The molecule has 5 nitrogen and oxygen atoms in total. The van der Waals surface area contributed by atoms with Gasteiger partial charge in [-0.25, -0.2) is 13.4 Å². The van der Waals surface area contributed by atoms with Gasteiger partial charge >= 0.3 is 0 Å². The molecule has 0 aliphatic heterocycles. The molecule has 1 N–H and O–H groups in total. The normalized spacial score (nSPS) is 11.9. The fourth-order valence-electron chi connectivity index (χ4n) is 2.91. The minimum Gasteiger partial charge on any atom is -0.327 e. The Bertz CT molecular complexity index is 960. The van der Waals surface area contributed by atoms with Crippen molar-refractivity contribution in [1.29, 1.82) is 0 Å². The van der Waals surface area contributed by atoms with Crippen LogP contribution < -0.4 is 5.32 Å². The summed E-state index contributed by atoms with van der Waals surface area (Å²) in [6.07, 6.45) is 2.28. The van der Waals surface area contributed by atoms with Crippen LogP contribution in [0.4, 0.5) is 0 Å². The van der Waals surface area contributed by atoms with Crippen LogP contribution in [-0.4, -0.2) is 24.2 Å². The highest BCUT2D eigenvalue weighted by Crippen LogP contribution is 2.17. The number of benzene rings is 2. The molecule has 0 aliphatic rings. The first-order valence-corrected chi connectivity index (χ1v) is 10.3. The van der Waals surface area contributed by atoms with Gasteiger partial charge in [0.2, 0.25) is 0 Å². The summed E-state index contributed by atoms with van der Waals surface area (Å²) >= 11 is 0. The number of aromatic nitrogens is 2. The average Bonchev–Trinajstić information content (AvgIpc) is 2.93. The first-order chi connectivity index (χ1) is 12.0. The second-order valence-electron chi connectivity index (χ2n) is 6.19. The van der Waals surface area contributed by atoms with Crippen LogP contribution in [0.25, 0.3) is 11.0 Å². The van der Waals surface area contributed by atoms with E-state index >= 15 is 0 Å². The topological polar surface area (TPSA) is 64.0 Å². The fraction of sp³-hybridized carbons (Fsp3) is 0.316. The molecule has 1 aromatic heterocycles. The summed E-state index contributed by atoms with van der Waals surface area (Å²) < 4.78 is 25.3. The smallest absolute Gasteiger partial charge is 0.175 e. The number of rotatable bonds is 7. The van der Waals surface area contributed by atoms with Crippen LogP contribution in [-0.2, 0) is 29.5 Å². The quantitative estimate of drug-likeness (QED) is 0.705. The Hall–Kier alpha value is -2.18. The van der Waals surface area contributed by atoms with Crippen molar-refractivity contribution < 1.29 is 8.42 Å². The van der Waals surface area contributed by atoms with Gasteiger partial charge in [-0.05, 0) is 36.2 Å². The third-order valence-corrected chi connectivity index (χ3v) is 5.27. The molecule has 3 rings (SSSR count). The maximum absolute atomic E-state index is 11.5. The van der Waals surface area contributed by atoms with Crippen LogP contribution in [0.1, 0.15) is 24.7 Å². The summed E-state index contributed by atoms with van der Waals surface area (Å²) in [5, 5.41) is 3.40. The highest BCUT2D eigenvalue weighted by Gasteiger charge is 2.10. The van der Waals surface area contributed by atoms with Crippen LogP contribution in [0.15, 0.2) is 53.4 Å². The predicted molar refractivity (Wildman–Crippen MR) is 100 cm³/mol. The zero-order valence-electron chi connectivity index (χ0n) is 14.6. The lowest BCUT2D eigenvalue weighted by Gasteiger charge is -2.09. The standard InChI is InChI=1S/C19H23N3O2S/c1-3-12-22-18-7-5-4-6-17(18)21-19(22)14-20-13-15-8-10-16(11-9-15)25(2,23)24/h4-11,20H,3,12-14H2,1-2H3. The van der Waals surface area contributed by atoms with E-state index in [1.165, 1.54) is 11.8 Å². The Morgan fingerprint density at radius 1 is 1.04 bits per heavy atom. The number of imidazole rings is 1. The van der Waals surface area contributed by atoms with E-state index in [2.05, 4.69) is 22.9 Å². The lowest BCUT2D eigenvalue weighted by atomic mass is 10.2. The number of hydrogen-bond donors (Lipinski definition) is 1. The van der Waals surface area contributed by atoms with Gasteiger partial charge in [0.15, 0.2) is 9.84 Å². The molecule has 0 bridgehead atoms. The van der Waals surface area contributed by atoms with E-state index in [0.29, 0.717) is 18.0 Å². The van der Waals surface area contributed by atoms with Crippen LogP contribution >= 0.6 is 0 Å². The van der Waals surface area contributed by atoms with E-state index in [9.17, 15) is 8.42 Å². The predicted octanol–water partition coefficient (Wildman–Crippen LogP) is 3.14. The van der Waals surface area contributed by atoms with Crippen molar-refractivity contribution in [1.82, 2.24) is 14.9 Å². The molecule has 1 heterocycles. The second kappa shape index (κ2) is 7.37. The number of hydrogen-bond acceptors (Lipinski definition) is 4. The summed E-state index contributed by atoms with van der Waals surface area (Å²) in [6.45, 7) is 4.44. The Balaban J connectivity index is 1.69. The summed E-state index contributed by atoms with van der Waals surface area (Å²) in [6, 6.07) is 15.2. The molecular weight excluding hydrogens is 334 g/mol. The molecule has 0 fully saturated rings. The van der Waals surface area contributed by atoms with Gasteiger partial charge in [0.1, 0.15) is 5.82 Å². The van der Waals surface area contributed by atoms with Crippen molar-refractivity contribution in [2.75, 3.05) is 6.26 Å². The first-order valence-electron chi connectivity index (χ1n) is 8.43. The minimum atomic E-state index is -3.14. The van der Waals surface area contributed by atoms with Crippen molar-refractivity contribution in [3.63, 3.8) is 0 Å². The van der Waals surface area contributed by atoms with Gasteiger partial charge in [-0.15, -0.1) is 0 Å². The van der Waals surface area contributed by atoms with Crippen molar-refractivity contribution in [3.05, 3.63) is 59.9 Å². The minimum absolute atomic E-state index is 0.348. The number of sulfone groups is 1. The van der Waals surface area contributed by atoms with Gasteiger partial charge in [0.25, 0.3) is 0 Å². The SMILES string of the molecule is CCCn1c(CNCc2ccc(S(C)(=O)=O)cc2)nc2ccccc21. The summed E-state index contributed by atoms with van der Waals surface area (Å²) in [4.78, 5) is 5.08. The highest BCUT2D eigenvalue weighted by atomic mass is 32.2. The van der Waals surface area contributed by atoms with Gasteiger partial charge in [-0.2, -0.15) is 0 Å². The van der Waals surface area contributed by atoms with Crippen molar-refractivity contribution in [2.45, 2.75) is 37.9 Å². The number of nitrogens with zero attached hydrogens (tertiary/aromatic N) is 2. The molecule has 6 heteroatoms. The van der Waals surface area contributed by atoms with Gasteiger partial charge in [0.05, 0.1) is 22.5 Å². The fourth-order valence-corrected chi connectivity index (χ4v) is 3.54. The zero-order valence-corrected chi connectivity index (χ0v) is 15.4. The molecule has 2 aromatic carbocycles. The summed E-state index contributed by atoms with van der Waals surface area (Å²) in [5.41, 5.74) is 3.23. The molecule has 0 atom stereocenters. The van der Waals surface area contributed by atoms with Gasteiger partial charge in [0, 0.05) is 19.3 Å². The van der Waals surface area contributed by atoms with Crippen LogP contribution in [0.3, 0.4) is 0 Å². The molecule has 0 aliphatic carbocycles. The molecule has 25 heavy (non-hydrogen) atoms. The van der Waals surface area contributed by atoms with E-state index in [0.717, 1.165) is 29.9 Å². The van der Waals surface area contributed by atoms with Crippen LogP contribution in [0.5, 0.6) is 0 Å². The van der Waals surface area contributed by atoms with Crippen molar-refractivity contribution in [3.8, 4) is 0 Å². The molecule has 0 unspecified atom stereocenters. The molecule has 0 radical (unpaired) electrons. The molecule has 132 valence electrons. The number of para-hydroxylation sites is 2. The summed E-state index contributed by atoms with van der Waals surface area (Å²) in [5.74, 6) is 1.02. The largest absolute Gasteiger partial charge is 0.327 e. The van der Waals surface area contributed by atoms with E-state index in [4.69, 9.17) is 4.98 Å². The maximum Gasteiger partial charge on any atom is 0.175 e. The molecule has 3 aromatic rings. The van der Waals surface area contributed by atoms with Gasteiger partial charge < -0.3 is 9.88 Å². The number of aryl methyl sites for hydroxylation is 1. The number of nitrogens with one attached hydrogen (secondary N) is 1. The average molecular weight is 357 g/mol. The van der Waals surface area contributed by atoms with E-state index in [1.54, 1.807) is 12.1 Å². The third kappa shape index (κ3) is 4.08. The Kier molecular flexibility index (Phi) is 5.20. The lowest BCUT2D eigenvalue weighted by molar-refractivity contribution is 0.597. The Morgan fingerprint density at radius 3 is 2.44 bits per heavy atom. The monoisotopic (exact) mass is 357 g/mol. The maximum atomic E-state index is 11.5. The van der Waals surface area contributed by atoms with E-state index in [-0.39, 0.29) is 0 Å². The molecule has 0 amide bonds. The first kappa shape index (κ1) is 17.6. The number of fused-ring (bicyclic) bond motifs is 1. The van der Waals surface area contributed by atoms with E-state index < -0.39 is 9.84 Å². The molecule has 0 spiro atoms. The van der Waals surface area contributed by atoms with Crippen LogP contribution in [0.2, 0.25) is 0 Å². The van der Waals surface area contributed by atoms with Gasteiger partial charge in [-0.1, -0.05) is 31.2 Å².